The van der Waals surface area contributed by atoms with Gasteiger partial charge in [-0.25, -0.2) is 0 Å². The van der Waals surface area contributed by atoms with E-state index in [9.17, 15) is 4.79 Å². The second-order valence-electron chi connectivity index (χ2n) is 8.59. The zero-order valence-electron chi connectivity index (χ0n) is 20.0. The maximum Gasteiger partial charge on any atom is 0.283 e. The number of thioether (sulfide) groups is 2. The van der Waals surface area contributed by atoms with Crippen LogP contribution in [-0.4, -0.2) is 30.9 Å². The van der Waals surface area contributed by atoms with E-state index in [0.717, 1.165) is 32.8 Å². The second-order valence-corrected chi connectivity index (χ2v) is 10.8. The van der Waals surface area contributed by atoms with Crippen molar-refractivity contribution >= 4 is 50.9 Å². The van der Waals surface area contributed by atoms with E-state index in [4.69, 9.17) is 5.41 Å². The monoisotopic (exact) mass is 499 g/mol. The van der Waals surface area contributed by atoms with Crippen LogP contribution in [0.2, 0.25) is 0 Å². The highest BCUT2D eigenvalue weighted by molar-refractivity contribution is 8.45. The Morgan fingerprint density at radius 3 is 2.54 bits per heavy atom. The highest BCUT2D eigenvalue weighted by Gasteiger charge is 2.36. The minimum Gasteiger partial charge on any atom is -0.318 e. The Balaban J connectivity index is 1.41. The Bertz CT molecular complexity index is 1450. The minimum atomic E-state index is -0.408. The number of carbonyl (C=O) groups excluding carboxylic acids is 1. The molecule has 0 atom stereocenters. The Kier molecular flexibility index (Phi) is 6.25. The number of hydrazone groups is 1. The molecule has 1 aromatic heterocycles. The van der Waals surface area contributed by atoms with Gasteiger partial charge >= 0.3 is 0 Å². The van der Waals surface area contributed by atoms with Crippen LogP contribution in [0, 0.1) is 33.1 Å². The van der Waals surface area contributed by atoms with Gasteiger partial charge in [-0.05, 0) is 86.0 Å². The number of hydrogen-bond acceptors (Lipinski definition) is 5. The van der Waals surface area contributed by atoms with Crippen molar-refractivity contribution in [2.24, 2.45) is 10.1 Å². The molecule has 0 saturated heterocycles. The second kappa shape index (κ2) is 9.36. The number of nitrogens with zero attached hydrogens (tertiary/aromatic N) is 4. The average Bonchev–Trinajstić information content (AvgIpc) is 3.37. The lowest BCUT2D eigenvalue weighted by molar-refractivity contribution is -0.114. The quantitative estimate of drug-likeness (QED) is 0.433. The zero-order chi connectivity index (χ0) is 24.7. The van der Waals surface area contributed by atoms with Crippen molar-refractivity contribution < 1.29 is 4.79 Å². The molecule has 5 rings (SSSR count). The molecule has 8 heteroatoms. The first-order valence-corrected chi connectivity index (χ1v) is 13.1. The molecule has 2 aliphatic rings. The molecule has 0 unspecified atom stereocenters. The number of amides is 1. The molecular weight excluding hydrogens is 474 g/mol. The zero-order valence-corrected chi connectivity index (χ0v) is 21.6. The van der Waals surface area contributed by atoms with Crippen LogP contribution < -0.4 is 0 Å². The van der Waals surface area contributed by atoms with Gasteiger partial charge in [-0.15, -0.1) is 5.10 Å². The summed E-state index contributed by atoms with van der Waals surface area (Å²) in [6.45, 7) is 8.28. The molecule has 1 N–H and O–H groups in total. The van der Waals surface area contributed by atoms with Gasteiger partial charge in [0.25, 0.3) is 5.91 Å². The maximum absolute atomic E-state index is 12.9. The number of nitrogens with one attached hydrogen (secondary N) is 1. The summed E-state index contributed by atoms with van der Waals surface area (Å²) in [5, 5.41) is 15.2. The Labute approximate surface area is 213 Å². The maximum atomic E-state index is 12.9. The van der Waals surface area contributed by atoms with Crippen LogP contribution in [0.1, 0.15) is 33.6 Å². The van der Waals surface area contributed by atoms with E-state index < -0.39 is 5.91 Å². The number of aryl methyl sites for hydroxylation is 3. The van der Waals surface area contributed by atoms with Crippen molar-refractivity contribution in [2.75, 3.05) is 0 Å². The topological polar surface area (TPSA) is 73.8 Å². The summed E-state index contributed by atoms with van der Waals surface area (Å²) >= 11 is 2.91. The van der Waals surface area contributed by atoms with Crippen LogP contribution in [0.25, 0.3) is 11.8 Å². The molecular formula is C27H25N5OS2. The van der Waals surface area contributed by atoms with Crippen LogP contribution >= 0.6 is 23.5 Å². The van der Waals surface area contributed by atoms with Crippen LogP contribution in [-0.2, 0) is 10.5 Å². The van der Waals surface area contributed by atoms with Gasteiger partial charge in [0.15, 0.2) is 10.2 Å². The van der Waals surface area contributed by atoms with E-state index in [2.05, 4.69) is 58.8 Å². The van der Waals surface area contributed by atoms with E-state index in [1.54, 1.807) is 17.8 Å². The van der Waals surface area contributed by atoms with E-state index in [-0.39, 0.29) is 11.4 Å². The van der Waals surface area contributed by atoms with Gasteiger partial charge < -0.3 is 4.57 Å². The fraction of sp³-hybridized carbons (Fsp3) is 0.185. The SMILES string of the molecule is Cc1ccc(-n2c(C)cc(/C=C3/C(=N)N4N=C(SCc5ccccc5)SC4=NC3=O)c2C)cc1C. The molecule has 0 fully saturated rings. The van der Waals surface area contributed by atoms with E-state index in [1.807, 2.05) is 38.1 Å². The molecule has 1 amide bonds. The van der Waals surface area contributed by atoms with Crippen molar-refractivity contribution in [3.8, 4) is 5.69 Å². The molecule has 2 aromatic carbocycles. The van der Waals surface area contributed by atoms with E-state index in [0.29, 0.717) is 5.17 Å². The van der Waals surface area contributed by atoms with Gasteiger partial charge in [0, 0.05) is 22.8 Å². The molecule has 176 valence electrons. The summed E-state index contributed by atoms with van der Waals surface area (Å²) in [5.41, 5.74) is 7.95. The summed E-state index contributed by atoms with van der Waals surface area (Å²) in [6, 6.07) is 18.6. The van der Waals surface area contributed by atoms with Crippen LogP contribution in [0.4, 0.5) is 0 Å². The van der Waals surface area contributed by atoms with E-state index in [1.165, 1.54) is 33.5 Å². The largest absolute Gasteiger partial charge is 0.318 e. The molecule has 0 saturated carbocycles. The minimum absolute atomic E-state index is 0.0544. The van der Waals surface area contributed by atoms with Gasteiger partial charge in [0.1, 0.15) is 0 Å². The standard InChI is InChI=1S/C27H25N5OS2/c1-16-10-11-22(12-17(16)2)31-18(3)13-21(19(31)4)14-23-24(28)32-26(29-25(23)33)35-27(30-32)34-15-20-8-6-5-7-9-20/h5-14,28H,15H2,1-4H3/b23-14-,28-24?. The highest BCUT2D eigenvalue weighted by atomic mass is 32.2. The number of carbonyl (C=O) groups is 1. The first-order chi connectivity index (χ1) is 16.8. The number of amidine groups is 2. The highest BCUT2D eigenvalue weighted by Crippen LogP contribution is 2.34. The predicted octanol–water partition coefficient (Wildman–Crippen LogP) is 6.22. The number of fused-ring (bicyclic) bond motifs is 1. The van der Waals surface area contributed by atoms with Gasteiger partial charge in [-0.3, -0.25) is 10.2 Å². The average molecular weight is 500 g/mol. The molecule has 3 heterocycles. The third-order valence-electron chi connectivity index (χ3n) is 6.16. The van der Waals surface area contributed by atoms with Crippen molar-refractivity contribution in [3.05, 3.63) is 93.8 Å². The molecule has 35 heavy (non-hydrogen) atoms. The van der Waals surface area contributed by atoms with Crippen molar-refractivity contribution in [3.63, 3.8) is 0 Å². The van der Waals surface area contributed by atoms with Gasteiger partial charge in [0.2, 0.25) is 5.17 Å². The number of aliphatic imine (C=N–C) groups is 1. The van der Waals surface area contributed by atoms with Gasteiger partial charge in [-0.2, -0.15) is 10.0 Å². The lowest BCUT2D eigenvalue weighted by Gasteiger charge is -2.20. The molecule has 0 spiro atoms. The van der Waals surface area contributed by atoms with Crippen molar-refractivity contribution in [1.82, 2.24) is 9.58 Å². The summed E-state index contributed by atoms with van der Waals surface area (Å²) in [6.07, 6.45) is 1.76. The van der Waals surface area contributed by atoms with Crippen LogP contribution in [0.3, 0.4) is 0 Å². The summed E-state index contributed by atoms with van der Waals surface area (Å²) in [7, 11) is 0. The third kappa shape index (κ3) is 4.51. The van der Waals surface area contributed by atoms with Gasteiger partial charge in [0.05, 0.1) is 5.57 Å². The Morgan fingerprint density at radius 1 is 1.03 bits per heavy atom. The summed E-state index contributed by atoms with van der Waals surface area (Å²) in [5.74, 6) is 0.412. The molecule has 2 aliphatic heterocycles. The Morgan fingerprint density at radius 2 is 1.80 bits per heavy atom. The third-order valence-corrected chi connectivity index (χ3v) is 8.27. The number of hydrogen-bond donors (Lipinski definition) is 1. The van der Waals surface area contributed by atoms with Crippen molar-refractivity contribution in [1.29, 1.82) is 5.41 Å². The van der Waals surface area contributed by atoms with Crippen molar-refractivity contribution in [2.45, 2.75) is 33.4 Å². The summed E-state index contributed by atoms with van der Waals surface area (Å²) in [4.78, 5) is 17.1. The molecule has 3 aromatic rings. The molecule has 0 aliphatic carbocycles. The fourth-order valence-electron chi connectivity index (χ4n) is 4.10. The first-order valence-electron chi connectivity index (χ1n) is 11.3. The first kappa shape index (κ1) is 23.4. The molecule has 0 radical (unpaired) electrons. The molecule has 0 bridgehead atoms. The van der Waals surface area contributed by atoms with Crippen LogP contribution in [0.15, 0.2) is 70.3 Å². The predicted molar refractivity (Wildman–Crippen MR) is 147 cm³/mol. The lowest BCUT2D eigenvalue weighted by Crippen LogP contribution is -2.35. The molecule has 6 nitrogen and oxygen atoms in total. The Hall–Kier alpha value is -3.36. The normalized spacial score (nSPS) is 16.6. The number of benzene rings is 2. The number of aromatic nitrogens is 1. The summed E-state index contributed by atoms with van der Waals surface area (Å²) < 4.78 is 2.95. The van der Waals surface area contributed by atoms with Gasteiger partial charge in [-0.1, -0.05) is 48.2 Å². The fourth-order valence-corrected chi connectivity index (χ4v) is 5.99. The lowest BCUT2D eigenvalue weighted by atomic mass is 10.1. The van der Waals surface area contributed by atoms with Crippen LogP contribution in [0.5, 0.6) is 0 Å². The van der Waals surface area contributed by atoms with E-state index >= 15 is 0 Å². The smallest absolute Gasteiger partial charge is 0.283 e. The number of rotatable bonds is 4.